The van der Waals surface area contributed by atoms with E-state index in [1.165, 1.54) is 4.57 Å². The summed E-state index contributed by atoms with van der Waals surface area (Å²) in [7, 11) is -16.8. The van der Waals surface area contributed by atoms with Gasteiger partial charge in [-0.3, -0.25) is 9.09 Å². The molecule has 0 aliphatic carbocycles. The lowest BCUT2D eigenvalue weighted by Gasteiger charge is -2.20. The summed E-state index contributed by atoms with van der Waals surface area (Å²) in [5.74, 6) is 0.197. The molecule has 3 rings (SSSR count). The maximum absolute atomic E-state index is 12.0. The van der Waals surface area contributed by atoms with Gasteiger partial charge in [0.1, 0.15) is 24.6 Å². The zero-order chi connectivity index (χ0) is 29.0. The second-order valence-electron chi connectivity index (χ2n) is 8.30. The first-order valence-corrected chi connectivity index (χ1v) is 15.9. The maximum Gasteiger partial charge on any atom is 0.490 e. The second-order valence-corrected chi connectivity index (χ2v) is 12.7. The summed E-state index contributed by atoms with van der Waals surface area (Å²) in [6, 6.07) is 0. The zero-order valence-electron chi connectivity index (χ0n) is 20.2. The number of nitrogens with zero attached hydrogens (tertiary/aromatic N) is 4. The van der Waals surface area contributed by atoms with Gasteiger partial charge in [0.05, 0.1) is 6.61 Å². The highest BCUT2D eigenvalue weighted by Gasteiger charge is 2.47. The Balaban J connectivity index is 1.75. The van der Waals surface area contributed by atoms with E-state index in [-0.39, 0.29) is 22.9 Å². The highest BCUT2D eigenvalue weighted by Crippen LogP contribution is 2.66. The number of aromatic nitrogens is 4. The molecule has 0 aromatic carbocycles. The predicted octanol–water partition coefficient (Wildman–Crippen LogP) is -0.698. The van der Waals surface area contributed by atoms with Crippen molar-refractivity contribution in [3.05, 3.63) is 6.33 Å². The first-order valence-electron chi connectivity index (χ1n) is 11.4. The van der Waals surface area contributed by atoms with Crippen molar-refractivity contribution in [1.29, 1.82) is 0 Å². The molecule has 222 valence electrons. The number of nitrogen functional groups attached to an aromatic ring is 1. The van der Waals surface area contributed by atoms with Gasteiger partial charge in [0.15, 0.2) is 23.2 Å². The van der Waals surface area contributed by atoms with E-state index in [1.54, 1.807) is 0 Å². The molecular weight excluding hydrogens is 591 g/mol. The lowest BCUT2D eigenvalue weighted by atomic mass is 10.1. The molecule has 0 saturated carbocycles. The molecule has 39 heavy (non-hydrogen) atoms. The van der Waals surface area contributed by atoms with Gasteiger partial charge in [-0.2, -0.15) is 8.62 Å². The number of ether oxygens (including phenoxy) is 1. The molecule has 6 atom stereocenters. The van der Waals surface area contributed by atoms with Gasteiger partial charge in [0.2, 0.25) is 5.95 Å². The van der Waals surface area contributed by atoms with Crippen LogP contribution in [0.15, 0.2) is 6.33 Å². The van der Waals surface area contributed by atoms with Crippen LogP contribution in [0.3, 0.4) is 0 Å². The largest absolute Gasteiger partial charge is 0.490 e. The number of unbranched alkanes of at least 4 members (excludes halogenated alkanes) is 3. The molecule has 0 radical (unpaired) electrons. The van der Waals surface area contributed by atoms with Crippen LogP contribution in [0.5, 0.6) is 0 Å². The Morgan fingerprint density at radius 3 is 2.36 bits per heavy atom. The Labute approximate surface area is 220 Å². The van der Waals surface area contributed by atoms with Gasteiger partial charge in [-0.25, -0.2) is 28.6 Å². The summed E-state index contributed by atoms with van der Waals surface area (Å²) in [6.45, 7) is 0.0672. The van der Waals surface area contributed by atoms with E-state index >= 15 is 0 Å². The van der Waals surface area contributed by atoms with Crippen molar-refractivity contribution >= 4 is 46.4 Å². The molecule has 1 aliphatic heterocycles. The molecule has 2 aromatic rings. The minimum Gasteiger partial charge on any atom is -0.387 e. The van der Waals surface area contributed by atoms with E-state index in [0.717, 1.165) is 32.0 Å². The van der Waals surface area contributed by atoms with Crippen LogP contribution < -0.4 is 16.8 Å². The molecule has 3 heterocycles. The molecule has 0 amide bonds. The smallest absolute Gasteiger partial charge is 0.387 e. The van der Waals surface area contributed by atoms with Crippen molar-refractivity contribution < 1.29 is 61.4 Å². The Hall–Kier alpha value is -1.60. The standard InChI is InChI=1S/C16H30N7O13P3/c17-5-3-1-2-4-6-19-16-22-10-13(18)20-8-21-14(10)23(16)15-12(25)11(24)9(34-15)7-33-38(29,30)36-39(31,32)35-37(26,27)28/h8-9,11-12,15,24-25H,1-7,17H2,(H,19,22)(H,29,30)(H,31,32)(H2,18,20,21)(H2,26,27,28)/t9-,11-,12-,15-/m1/s1. The molecule has 2 aromatic heterocycles. The van der Waals surface area contributed by atoms with E-state index in [9.17, 15) is 33.7 Å². The summed E-state index contributed by atoms with van der Waals surface area (Å²) in [6.07, 6.45) is -1.64. The van der Waals surface area contributed by atoms with Crippen LogP contribution in [-0.2, 0) is 31.6 Å². The lowest BCUT2D eigenvalue weighted by molar-refractivity contribution is -0.0493. The number of hydrogen-bond acceptors (Lipinski definition) is 15. The van der Waals surface area contributed by atoms with Gasteiger partial charge >= 0.3 is 23.5 Å². The summed E-state index contributed by atoms with van der Waals surface area (Å²) in [5, 5.41) is 24.3. The fourth-order valence-electron chi connectivity index (χ4n) is 3.67. The van der Waals surface area contributed by atoms with Crippen LogP contribution in [0.25, 0.3) is 11.2 Å². The molecule has 0 bridgehead atoms. The third-order valence-corrected chi connectivity index (χ3v) is 9.13. The number of aliphatic hydroxyl groups is 2. The molecule has 11 N–H and O–H groups in total. The SMILES string of the molecule is NCCCCCCNc1nc2c(N)ncnc2n1[C@@H]1O[C@H](COP(=O)(O)OP(=O)(O)OP(=O)(O)O)[C@@H](O)[C@H]1O. The zero-order valence-corrected chi connectivity index (χ0v) is 22.8. The Morgan fingerprint density at radius 1 is 1.00 bits per heavy atom. The minimum absolute atomic E-state index is 0.0296. The minimum atomic E-state index is -5.74. The number of anilines is 2. The van der Waals surface area contributed by atoms with Crippen molar-refractivity contribution in [2.24, 2.45) is 5.73 Å². The molecule has 2 unspecified atom stereocenters. The van der Waals surface area contributed by atoms with Crippen LogP contribution in [0.1, 0.15) is 31.9 Å². The van der Waals surface area contributed by atoms with Gasteiger partial charge in [0, 0.05) is 6.54 Å². The Bertz CT molecular complexity index is 1280. The van der Waals surface area contributed by atoms with Crippen molar-refractivity contribution in [1.82, 2.24) is 19.5 Å². The topological polar surface area (TPSA) is 317 Å². The maximum atomic E-state index is 12.0. The van der Waals surface area contributed by atoms with Crippen molar-refractivity contribution in [2.75, 3.05) is 30.7 Å². The summed E-state index contributed by atoms with van der Waals surface area (Å²) in [4.78, 5) is 48.5. The first kappa shape index (κ1) is 31.9. The molecule has 0 spiro atoms. The molecule has 1 aliphatic rings. The number of phosphoric acid groups is 3. The second kappa shape index (κ2) is 12.9. The van der Waals surface area contributed by atoms with Gasteiger partial charge < -0.3 is 51.3 Å². The Kier molecular flexibility index (Phi) is 10.6. The number of nitrogens with one attached hydrogen (secondary N) is 1. The number of imidazole rings is 1. The highest BCUT2D eigenvalue weighted by molar-refractivity contribution is 7.66. The molecule has 20 nitrogen and oxygen atoms in total. The average molecular weight is 621 g/mol. The van der Waals surface area contributed by atoms with Crippen molar-refractivity contribution in [3.63, 3.8) is 0 Å². The molecule has 1 fully saturated rings. The van der Waals surface area contributed by atoms with Crippen LogP contribution in [0, 0.1) is 0 Å². The quantitative estimate of drug-likeness (QED) is 0.0876. The van der Waals surface area contributed by atoms with Crippen LogP contribution in [-0.4, -0.2) is 87.3 Å². The van der Waals surface area contributed by atoms with Crippen LogP contribution >= 0.6 is 23.5 Å². The van der Waals surface area contributed by atoms with Gasteiger partial charge in [0.25, 0.3) is 0 Å². The average Bonchev–Trinajstić information content (AvgIpc) is 3.30. The normalized spacial score (nSPS) is 25.0. The third-order valence-electron chi connectivity index (χ3n) is 5.33. The Morgan fingerprint density at radius 2 is 1.69 bits per heavy atom. The van der Waals surface area contributed by atoms with Gasteiger partial charge in [-0.05, 0) is 19.4 Å². The van der Waals surface area contributed by atoms with E-state index in [0.29, 0.717) is 13.1 Å². The summed E-state index contributed by atoms with van der Waals surface area (Å²) in [5.41, 5.74) is 11.7. The van der Waals surface area contributed by atoms with Crippen molar-refractivity contribution in [3.8, 4) is 0 Å². The van der Waals surface area contributed by atoms with E-state index in [2.05, 4.69) is 33.4 Å². The third kappa shape index (κ3) is 8.69. The number of nitrogens with two attached hydrogens (primary N) is 2. The van der Waals surface area contributed by atoms with Crippen molar-refractivity contribution in [2.45, 2.75) is 50.2 Å². The summed E-state index contributed by atoms with van der Waals surface area (Å²) >= 11 is 0. The summed E-state index contributed by atoms with van der Waals surface area (Å²) < 4.78 is 53.1. The molecule has 23 heteroatoms. The number of aliphatic hydroxyl groups excluding tert-OH is 2. The monoisotopic (exact) mass is 621 g/mol. The van der Waals surface area contributed by atoms with E-state index in [4.69, 9.17) is 26.0 Å². The highest BCUT2D eigenvalue weighted by atomic mass is 31.3. The lowest BCUT2D eigenvalue weighted by Crippen LogP contribution is -2.33. The first-order chi connectivity index (χ1) is 18.1. The van der Waals surface area contributed by atoms with Crippen LogP contribution in [0.4, 0.5) is 11.8 Å². The van der Waals surface area contributed by atoms with E-state index in [1.807, 2.05) is 0 Å². The van der Waals surface area contributed by atoms with Gasteiger partial charge in [-0.15, -0.1) is 0 Å². The number of hydrogen-bond donors (Lipinski definition) is 9. The van der Waals surface area contributed by atoms with Gasteiger partial charge in [-0.1, -0.05) is 12.8 Å². The predicted molar refractivity (Wildman–Crippen MR) is 131 cm³/mol. The number of fused-ring (bicyclic) bond motifs is 1. The molecular formula is C16H30N7O13P3. The van der Waals surface area contributed by atoms with E-state index < -0.39 is 54.6 Å². The number of phosphoric ester groups is 1. The fraction of sp³-hybridized carbons (Fsp3) is 0.688. The number of rotatable bonds is 15. The van der Waals surface area contributed by atoms with Crippen LogP contribution in [0.2, 0.25) is 0 Å². The molecule has 1 saturated heterocycles. The fourth-order valence-corrected chi connectivity index (χ4v) is 6.70.